The zero-order valence-electron chi connectivity index (χ0n) is 7.82. The van der Waals surface area contributed by atoms with Gasteiger partial charge in [-0.1, -0.05) is 6.92 Å². The predicted molar refractivity (Wildman–Crippen MR) is 47.9 cm³/mol. The Balaban J connectivity index is 4.03. The molecule has 0 aliphatic carbocycles. The first kappa shape index (κ1) is 11.6. The van der Waals surface area contributed by atoms with Gasteiger partial charge in [0.25, 0.3) is 0 Å². The number of allylic oxidation sites excluding steroid dienone is 1. The molecule has 0 unspecified atom stereocenters. The van der Waals surface area contributed by atoms with Crippen molar-refractivity contribution in [1.29, 1.82) is 0 Å². The number of carbonyl (C=O) groups is 1. The monoisotopic (exact) mass is 186 g/mol. The second-order valence-corrected chi connectivity index (χ2v) is 2.14. The van der Waals surface area contributed by atoms with E-state index in [0.717, 1.165) is 12.7 Å². The molecule has 0 amide bonds. The molecule has 1 N–H and O–H groups in total. The molecule has 0 atom stereocenters. The molecule has 0 fully saturated rings. The average Bonchev–Trinajstić information content (AvgIpc) is 2.10. The van der Waals surface area contributed by atoms with Crippen LogP contribution in [0.3, 0.4) is 0 Å². The molecule has 0 aromatic carbocycles. The number of carboxylic acids is 1. The molecule has 4 heteroatoms. The summed E-state index contributed by atoms with van der Waals surface area (Å²) in [5, 5.41) is 8.56. The van der Waals surface area contributed by atoms with E-state index in [2.05, 4.69) is 0 Å². The van der Waals surface area contributed by atoms with Crippen LogP contribution in [0.5, 0.6) is 0 Å². The van der Waals surface area contributed by atoms with Crippen LogP contribution in [0.4, 0.5) is 0 Å². The van der Waals surface area contributed by atoms with Crippen LogP contribution in [0.2, 0.25) is 0 Å². The first-order chi connectivity index (χ1) is 6.22. The Morgan fingerprint density at radius 3 is 2.62 bits per heavy atom. The summed E-state index contributed by atoms with van der Waals surface area (Å²) in [6.45, 7) is 3.96. The van der Waals surface area contributed by atoms with Crippen molar-refractivity contribution in [3.05, 3.63) is 24.4 Å². The van der Waals surface area contributed by atoms with Crippen LogP contribution in [0.25, 0.3) is 0 Å². The maximum Gasteiger partial charge on any atom is 0.374 e. The van der Waals surface area contributed by atoms with Gasteiger partial charge in [0.15, 0.2) is 0 Å². The van der Waals surface area contributed by atoms with Crippen molar-refractivity contribution in [2.45, 2.75) is 20.3 Å². The van der Waals surface area contributed by atoms with Crippen LogP contribution in [0, 0.1) is 0 Å². The average molecular weight is 186 g/mol. The molecule has 0 aromatic heterocycles. The van der Waals surface area contributed by atoms with Gasteiger partial charge >= 0.3 is 5.97 Å². The number of aliphatic carboxylic acids is 1. The first-order valence-corrected chi connectivity index (χ1v) is 4.09. The van der Waals surface area contributed by atoms with Gasteiger partial charge in [0.1, 0.15) is 6.26 Å². The minimum Gasteiger partial charge on any atom is -0.485 e. The van der Waals surface area contributed by atoms with E-state index in [0.29, 0.717) is 6.61 Å². The molecule has 0 heterocycles. The van der Waals surface area contributed by atoms with E-state index in [9.17, 15) is 4.79 Å². The van der Waals surface area contributed by atoms with E-state index in [-0.39, 0.29) is 5.76 Å². The molecule has 0 aliphatic heterocycles. The lowest BCUT2D eigenvalue weighted by Gasteiger charge is -2.01. The quantitative estimate of drug-likeness (QED) is 0.508. The SMILES string of the molecule is CCC=COC=C(OCC)C(=O)O. The number of carboxylic acid groups (broad SMARTS) is 1. The lowest BCUT2D eigenvalue weighted by molar-refractivity contribution is -0.136. The molecule has 0 aliphatic rings. The third-order valence-corrected chi connectivity index (χ3v) is 1.10. The van der Waals surface area contributed by atoms with Gasteiger partial charge in [-0.3, -0.25) is 0 Å². The van der Waals surface area contributed by atoms with Gasteiger partial charge in [0.05, 0.1) is 12.9 Å². The maximum atomic E-state index is 10.5. The summed E-state index contributed by atoms with van der Waals surface area (Å²) in [5.74, 6) is -1.32. The molecule has 0 aromatic rings. The van der Waals surface area contributed by atoms with E-state index in [1.807, 2.05) is 6.92 Å². The van der Waals surface area contributed by atoms with Crippen molar-refractivity contribution in [3.63, 3.8) is 0 Å². The van der Waals surface area contributed by atoms with Gasteiger partial charge in [0.2, 0.25) is 5.76 Å². The molecule has 0 spiro atoms. The van der Waals surface area contributed by atoms with Gasteiger partial charge in [-0.05, 0) is 19.4 Å². The van der Waals surface area contributed by atoms with E-state index in [1.165, 1.54) is 6.26 Å². The number of hydrogen-bond donors (Lipinski definition) is 1. The van der Waals surface area contributed by atoms with Gasteiger partial charge < -0.3 is 14.6 Å². The predicted octanol–water partition coefficient (Wildman–Crippen LogP) is 1.89. The van der Waals surface area contributed by atoms with Crippen LogP contribution in [-0.4, -0.2) is 17.7 Å². The zero-order chi connectivity index (χ0) is 10.1. The third kappa shape index (κ3) is 5.78. The fraction of sp³-hybridized carbons (Fsp3) is 0.444. The van der Waals surface area contributed by atoms with Crippen LogP contribution < -0.4 is 0 Å². The number of ether oxygens (including phenoxy) is 2. The molecule has 0 saturated heterocycles. The van der Waals surface area contributed by atoms with E-state index in [4.69, 9.17) is 14.6 Å². The molecule has 0 bridgehead atoms. The van der Waals surface area contributed by atoms with Crippen molar-refractivity contribution in [2.75, 3.05) is 6.61 Å². The third-order valence-electron chi connectivity index (χ3n) is 1.10. The summed E-state index contributed by atoms with van der Waals surface area (Å²) in [5.41, 5.74) is 0. The Bertz CT molecular complexity index is 206. The minimum atomic E-state index is -1.13. The van der Waals surface area contributed by atoms with E-state index in [1.54, 1.807) is 13.0 Å². The highest BCUT2D eigenvalue weighted by Crippen LogP contribution is 1.98. The lowest BCUT2D eigenvalue weighted by atomic mass is 10.5. The topological polar surface area (TPSA) is 55.8 Å². The molecule has 13 heavy (non-hydrogen) atoms. The van der Waals surface area contributed by atoms with Crippen LogP contribution in [-0.2, 0) is 14.3 Å². The fourth-order valence-electron chi connectivity index (χ4n) is 0.555. The summed E-state index contributed by atoms with van der Waals surface area (Å²) in [6, 6.07) is 0. The first-order valence-electron chi connectivity index (χ1n) is 4.09. The van der Waals surface area contributed by atoms with Crippen molar-refractivity contribution >= 4 is 5.97 Å². The van der Waals surface area contributed by atoms with Crippen molar-refractivity contribution in [3.8, 4) is 0 Å². The smallest absolute Gasteiger partial charge is 0.374 e. The molecule has 0 radical (unpaired) electrons. The highest BCUT2D eigenvalue weighted by Gasteiger charge is 2.07. The summed E-state index contributed by atoms with van der Waals surface area (Å²) in [6.07, 6.45) is 5.09. The second kappa shape index (κ2) is 7.21. The van der Waals surface area contributed by atoms with Crippen LogP contribution in [0.1, 0.15) is 20.3 Å². The minimum absolute atomic E-state index is 0.191. The van der Waals surface area contributed by atoms with E-state index < -0.39 is 5.97 Å². The normalized spacial score (nSPS) is 11.7. The van der Waals surface area contributed by atoms with Gasteiger partial charge in [-0.15, -0.1) is 0 Å². The number of hydrogen-bond acceptors (Lipinski definition) is 3. The molecule has 74 valence electrons. The molecular weight excluding hydrogens is 172 g/mol. The summed E-state index contributed by atoms with van der Waals surface area (Å²) >= 11 is 0. The largest absolute Gasteiger partial charge is 0.485 e. The molecule has 4 nitrogen and oxygen atoms in total. The second-order valence-electron chi connectivity index (χ2n) is 2.14. The van der Waals surface area contributed by atoms with Crippen molar-refractivity contribution < 1.29 is 19.4 Å². The van der Waals surface area contributed by atoms with Gasteiger partial charge in [-0.2, -0.15) is 0 Å². The summed E-state index contributed by atoms with van der Waals surface area (Å²) in [7, 11) is 0. The fourth-order valence-corrected chi connectivity index (χ4v) is 0.555. The Hall–Kier alpha value is -1.45. The zero-order valence-corrected chi connectivity index (χ0v) is 7.82. The molecule has 0 saturated carbocycles. The van der Waals surface area contributed by atoms with E-state index >= 15 is 0 Å². The Morgan fingerprint density at radius 1 is 1.46 bits per heavy atom. The standard InChI is InChI=1S/C9H14O4/c1-3-5-6-12-7-8(9(10)11)13-4-2/h5-7H,3-4H2,1-2H3,(H,10,11). The Labute approximate surface area is 77.5 Å². The van der Waals surface area contributed by atoms with Gasteiger partial charge in [0, 0.05) is 0 Å². The highest BCUT2D eigenvalue weighted by atomic mass is 16.5. The van der Waals surface area contributed by atoms with Crippen molar-refractivity contribution in [1.82, 2.24) is 0 Å². The van der Waals surface area contributed by atoms with Crippen molar-refractivity contribution in [2.24, 2.45) is 0 Å². The maximum absolute atomic E-state index is 10.5. The number of rotatable bonds is 6. The summed E-state index contributed by atoms with van der Waals surface area (Å²) in [4.78, 5) is 10.5. The lowest BCUT2D eigenvalue weighted by Crippen LogP contribution is -2.04. The Kier molecular flexibility index (Phi) is 6.41. The highest BCUT2D eigenvalue weighted by molar-refractivity contribution is 5.83. The summed E-state index contributed by atoms with van der Waals surface area (Å²) < 4.78 is 9.59. The van der Waals surface area contributed by atoms with Gasteiger partial charge in [-0.25, -0.2) is 4.79 Å². The molecular formula is C9H14O4. The van der Waals surface area contributed by atoms with Crippen LogP contribution >= 0.6 is 0 Å². The molecule has 0 rings (SSSR count). The van der Waals surface area contributed by atoms with Crippen LogP contribution in [0.15, 0.2) is 24.4 Å². The Morgan fingerprint density at radius 2 is 2.15 bits per heavy atom.